The smallest absolute Gasteiger partial charge is 0.191 e. The van der Waals surface area contributed by atoms with Crippen LogP contribution in [0, 0.1) is 11.6 Å². The van der Waals surface area contributed by atoms with Gasteiger partial charge in [-0.15, -0.1) is 24.0 Å². The lowest BCUT2D eigenvalue weighted by atomic mass is 10.3. The number of hydrogen-bond acceptors (Lipinski definition) is 3. The molecule has 4 nitrogen and oxygen atoms in total. The molecule has 0 aromatic heterocycles. The maximum Gasteiger partial charge on any atom is 0.191 e. The van der Waals surface area contributed by atoms with E-state index in [1.54, 1.807) is 0 Å². The Labute approximate surface area is 164 Å². The number of ether oxygens (including phenoxy) is 1. The molecule has 1 aromatic rings. The van der Waals surface area contributed by atoms with Crippen molar-refractivity contribution in [1.29, 1.82) is 0 Å². The fraction of sp³-hybridized carbons (Fsp3) is 0.562. The maximum atomic E-state index is 13.0. The number of aliphatic imine (C=N–C) groups is 1. The number of hydrogen-bond donors (Lipinski definition) is 2. The first-order chi connectivity index (χ1) is 11.2. The number of unbranched alkanes of at least 4 members (excludes halogenated alkanes) is 1. The molecule has 0 spiro atoms. The van der Waals surface area contributed by atoms with Crippen molar-refractivity contribution in [3.8, 4) is 5.75 Å². The van der Waals surface area contributed by atoms with Crippen molar-refractivity contribution in [2.24, 2.45) is 4.99 Å². The van der Waals surface area contributed by atoms with E-state index in [9.17, 15) is 8.78 Å². The predicted octanol–water partition coefficient (Wildman–Crippen LogP) is 3.66. The van der Waals surface area contributed by atoms with Gasteiger partial charge in [-0.3, -0.25) is 4.99 Å². The van der Waals surface area contributed by atoms with Gasteiger partial charge in [0.05, 0.1) is 6.54 Å². The van der Waals surface area contributed by atoms with Crippen LogP contribution in [0.1, 0.15) is 19.8 Å². The van der Waals surface area contributed by atoms with Crippen molar-refractivity contribution in [3.05, 3.63) is 29.8 Å². The van der Waals surface area contributed by atoms with Crippen LogP contribution >= 0.6 is 35.7 Å². The Bertz CT molecular complexity index is 492. The van der Waals surface area contributed by atoms with Crippen LogP contribution in [0.15, 0.2) is 23.2 Å². The minimum atomic E-state index is -0.907. The third kappa shape index (κ3) is 10.2. The topological polar surface area (TPSA) is 45.7 Å². The highest BCUT2D eigenvalue weighted by atomic mass is 127. The molecule has 24 heavy (non-hydrogen) atoms. The van der Waals surface area contributed by atoms with Gasteiger partial charge in [0.15, 0.2) is 17.6 Å². The minimum absolute atomic E-state index is 0. The van der Waals surface area contributed by atoms with Gasteiger partial charge in [0.2, 0.25) is 0 Å². The number of nitrogens with one attached hydrogen (secondary N) is 2. The van der Waals surface area contributed by atoms with Gasteiger partial charge in [-0.2, -0.15) is 11.8 Å². The van der Waals surface area contributed by atoms with E-state index >= 15 is 0 Å². The second-order valence-electron chi connectivity index (χ2n) is 4.81. The lowest BCUT2D eigenvalue weighted by Crippen LogP contribution is -2.39. The molecule has 0 heterocycles. The summed E-state index contributed by atoms with van der Waals surface area (Å²) in [7, 11) is 0. The lowest BCUT2D eigenvalue weighted by molar-refractivity contribution is 0.318. The molecule has 0 radical (unpaired) electrons. The largest absolute Gasteiger partial charge is 0.492 e. The van der Waals surface area contributed by atoms with Gasteiger partial charge in [-0.05, 0) is 43.9 Å². The quantitative estimate of drug-likeness (QED) is 0.236. The van der Waals surface area contributed by atoms with Crippen molar-refractivity contribution in [2.45, 2.75) is 19.8 Å². The molecule has 0 saturated heterocycles. The van der Waals surface area contributed by atoms with E-state index < -0.39 is 11.6 Å². The summed E-state index contributed by atoms with van der Waals surface area (Å²) in [5.74, 6) is 0.422. The highest BCUT2D eigenvalue weighted by Gasteiger charge is 2.03. The fourth-order valence-corrected chi connectivity index (χ4v) is 2.29. The first-order valence-corrected chi connectivity index (χ1v) is 9.15. The average Bonchev–Trinajstić information content (AvgIpc) is 2.54. The second-order valence-corrected chi connectivity index (χ2v) is 5.80. The van der Waals surface area contributed by atoms with Gasteiger partial charge in [-0.1, -0.05) is 0 Å². The molecule has 0 atom stereocenters. The van der Waals surface area contributed by atoms with Crippen molar-refractivity contribution in [3.63, 3.8) is 0 Å². The number of thioether (sulfide) groups is 1. The summed E-state index contributed by atoms with van der Waals surface area (Å²) in [6.07, 6.45) is 4.31. The molecule has 0 aliphatic heterocycles. The maximum absolute atomic E-state index is 13.0. The Hall–Kier alpha value is -0.770. The Balaban J connectivity index is 0.00000529. The van der Waals surface area contributed by atoms with Crippen molar-refractivity contribution >= 4 is 41.7 Å². The molecule has 0 amide bonds. The molecule has 0 aliphatic carbocycles. The molecule has 1 aromatic carbocycles. The van der Waals surface area contributed by atoms with Gasteiger partial charge in [-0.25, -0.2) is 8.78 Å². The molecule has 0 bridgehead atoms. The number of halogens is 3. The van der Waals surface area contributed by atoms with Crippen molar-refractivity contribution in [1.82, 2.24) is 10.6 Å². The lowest BCUT2D eigenvalue weighted by Gasteiger charge is -2.12. The average molecular weight is 473 g/mol. The van der Waals surface area contributed by atoms with E-state index in [0.29, 0.717) is 18.9 Å². The predicted molar refractivity (Wildman–Crippen MR) is 109 cm³/mol. The molecule has 0 saturated carbocycles. The van der Waals surface area contributed by atoms with E-state index in [1.807, 2.05) is 18.7 Å². The number of benzene rings is 1. The molecule has 0 aliphatic rings. The molecule has 138 valence electrons. The van der Waals surface area contributed by atoms with Gasteiger partial charge < -0.3 is 15.4 Å². The Morgan fingerprint density at radius 3 is 2.67 bits per heavy atom. The zero-order valence-electron chi connectivity index (χ0n) is 14.1. The highest BCUT2D eigenvalue weighted by molar-refractivity contribution is 14.0. The number of guanidine groups is 1. The molecule has 0 unspecified atom stereocenters. The summed E-state index contributed by atoms with van der Waals surface area (Å²) < 4.78 is 31.2. The summed E-state index contributed by atoms with van der Waals surface area (Å²) in [6, 6.07) is 3.50. The number of rotatable bonds is 10. The SMILES string of the molecule is CCNC(=NCCCCSC)NCCOc1ccc(F)c(F)c1.I. The highest BCUT2D eigenvalue weighted by Crippen LogP contribution is 2.14. The Kier molecular flexibility index (Phi) is 14.1. The molecule has 8 heteroatoms. The Morgan fingerprint density at radius 1 is 1.21 bits per heavy atom. The van der Waals surface area contributed by atoms with Gasteiger partial charge in [0, 0.05) is 19.2 Å². The van der Waals surface area contributed by atoms with E-state index in [2.05, 4.69) is 21.9 Å². The summed E-state index contributed by atoms with van der Waals surface area (Å²) >= 11 is 1.84. The van der Waals surface area contributed by atoms with Crippen molar-refractivity contribution in [2.75, 3.05) is 38.2 Å². The van der Waals surface area contributed by atoms with E-state index in [1.165, 1.54) is 6.07 Å². The molecule has 2 N–H and O–H groups in total. The van der Waals surface area contributed by atoms with Crippen LogP contribution in [0.4, 0.5) is 8.78 Å². The third-order valence-corrected chi connectivity index (χ3v) is 3.62. The first-order valence-electron chi connectivity index (χ1n) is 7.76. The first kappa shape index (κ1) is 23.2. The zero-order chi connectivity index (χ0) is 16.9. The monoisotopic (exact) mass is 473 g/mol. The van der Waals surface area contributed by atoms with Crippen LogP contribution in [0.3, 0.4) is 0 Å². The van der Waals surface area contributed by atoms with Gasteiger partial charge >= 0.3 is 0 Å². The summed E-state index contributed by atoms with van der Waals surface area (Å²) in [6.45, 7) is 4.42. The van der Waals surface area contributed by atoms with Crippen molar-refractivity contribution < 1.29 is 13.5 Å². The summed E-state index contributed by atoms with van der Waals surface area (Å²) in [5.41, 5.74) is 0. The van der Waals surface area contributed by atoms with E-state index in [-0.39, 0.29) is 24.0 Å². The summed E-state index contributed by atoms with van der Waals surface area (Å²) in [4.78, 5) is 4.48. The van der Waals surface area contributed by atoms with E-state index in [4.69, 9.17) is 4.74 Å². The molecule has 0 fully saturated rings. The van der Waals surface area contributed by atoms with Crippen LogP contribution in [-0.2, 0) is 0 Å². The second kappa shape index (κ2) is 14.6. The number of nitrogens with zero attached hydrogens (tertiary/aromatic N) is 1. The van der Waals surface area contributed by atoms with Gasteiger partial charge in [0.1, 0.15) is 12.4 Å². The van der Waals surface area contributed by atoms with Crippen LogP contribution < -0.4 is 15.4 Å². The zero-order valence-corrected chi connectivity index (χ0v) is 17.3. The third-order valence-electron chi connectivity index (χ3n) is 2.93. The Morgan fingerprint density at radius 2 is 2.00 bits per heavy atom. The minimum Gasteiger partial charge on any atom is -0.492 e. The molecule has 1 rings (SSSR count). The van der Waals surface area contributed by atoms with Crippen LogP contribution in [0.2, 0.25) is 0 Å². The summed E-state index contributed by atoms with van der Waals surface area (Å²) in [5, 5.41) is 6.31. The van der Waals surface area contributed by atoms with E-state index in [0.717, 1.165) is 49.8 Å². The van der Waals surface area contributed by atoms with Crippen LogP contribution in [0.25, 0.3) is 0 Å². The molecular formula is C16H26F2IN3OS. The standard InChI is InChI=1S/C16H25F2N3OS.HI/c1-3-19-16(20-8-4-5-11-23-2)21-9-10-22-13-6-7-14(17)15(18)12-13;/h6-7,12H,3-5,8-11H2,1-2H3,(H2,19,20,21);1H. The van der Waals surface area contributed by atoms with Gasteiger partial charge in [0.25, 0.3) is 0 Å². The molecular weight excluding hydrogens is 447 g/mol. The van der Waals surface area contributed by atoms with Crippen LogP contribution in [-0.4, -0.2) is 44.2 Å². The van der Waals surface area contributed by atoms with Crippen LogP contribution in [0.5, 0.6) is 5.75 Å². The normalized spacial score (nSPS) is 10.9. The fourth-order valence-electron chi connectivity index (χ4n) is 1.80.